The summed E-state index contributed by atoms with van der Waals surface area (Å²) >= 11 is 0. The third kappa shape index (κ3) is 2.40. The molecule has 21 heavy (non-hydrogen) atoms. The van der Waals surface area contributed by atoms with Crippen molar-refractivity contribution in [1.82, 2.24) is 19.7 Å². The smallest absolute Gasteiger partial charge is 0.354 e. The minimum atomic E-state index is -1.06. The summed E-state index contributed by atoms with van der Waals surface area (Å²) < 4.78 is 6.58. The zero-order valence-corrected chi connectivity index (χ0v) is 11.2. The molecule has 7 heteroatoms. The fourth-order valence-electron chi connectivity index (χ4n) is 2.06. The highest BCUT2D eigenvalue weighted by molar-refractivity contribution is 5.87. The second-order valence-corrected chi connectivity index (χ2v) is 4.46. The largest absolute Gasteiger partial charge is 0.477 e. The van der Waals surface area contributed by atoms with Crippen LogP contribution in [-0.4, -0.2) is 30.8 Å². The molecular formula is C14H12N4O3. The van der Waals surface area contributed by atoms with Crippen LogP contribution in [0.5, 0.6) is 0 Å². The molecule has 106 valence electrons. The van der Waals surface area contributed by atoms with Crippen molar-refractivity contribution in [2.75, 3.05) is 0 Å². The number of aromatic carboxylic acids is 1. The number of carboxylic acids is 1. The van der Waals surface area contributed by atoms with Crippen molar-refractivity contribution < 1.29 is 14.3 Å². The summed E-state index contributed by atoms with van der Waals surface area (Å²) in [5, 5.41) is 13.7. The highest BCUT2D eigenvalue weighted by Crippen LogP contribution is 2.23. The van der Waals surface area contributed by atoms with Crippen molar-refractivity contribution in [3.8, 4) is 11.5 Å². The van der Waals surface area contributed by atoms with Crippen LogP contribution in [0.25, 0.3) is 11.5 Å². The number of rotatable bonds is 4. The number of aromatic nitrogens is 4. The molecular weight excluding hydrogens is 272 g/mol. The molecule has 0 saturated carbocycles. The zero-order chi connectivity index (χ0) is 14.8. The van der Waals surface area contributed by atoms with Crippen LogP contribution >= 0.6 is 0 Å². The Balaban J connectivity index is 2.07. The Labute approximate surface area is 119 Å². The molecule has 3 aromatic rings. The third-order valence-corrected chi connectivity index (χ3v) is 3.12. The van der Waals surface area contributed by atoms with Crippen LogP contribution in [0.3, 0.4) is 0 Å². The number of hydrogen-bond acceptors (Lipinski definition) is 5. The van der Waals surface area contributed by atoms with Gasteiger partial charge in [0.1, 0.15) is 11.4 Å². The summed E-state index contributed by atoms with van der Waals surface area (Å²) in [7, 11) is 0. The van der Waals surface area contributed by atoms with E-state index in [1.54, 1.807) is 12.3 Å². The number of hydrogen-bond donors (Lipinski definition) is 1. The molecule has 3 aromatic heterocycles. The molecule has 0 bridgehead atoms. The van der Waals surface area contributed by atoms with Gasteiger partial charge in [0.15, 0.2) is 12.2 Å². The fraction of sp³-hybridized carbons (Fsp3) is 0.143. The summed E-state index contributed by atoms with van der Waals surface area (Å²) in [4.78, 5) is 19.5. The Morgan fingerprint density at radius 3 is 2.90 bits per heavy atom. The van der Waals surface area contributed by atoms with E-state index in [0.29, 0.717) is 11.5 Å². The van der Waals surface area contributed by atoms with Crippen LogP contribution in [-0.2, 0) is 0 Å². The molecule has 0 amide bonds. The van der Waals surface area contributed by atoms with E-state index in [9.17, 15) is 9.90 Å². The first-order chi connectivity index (χ1) is 10.2. The number of nitrogens with zero attached hydrogens (tertiary/aromatic N) is 4. The molecule has 0 saturated heterocycles. The van der Waals surface area contributed by atoms with Crippen LogP contribution in [0.1, 0.15) is 29.1 Å². The van der Waals surface area contributed by atoms with Crippen molar-refractivity contribution in [3.05, 3.63) is 54.4 Å². The van der Waals surface area contributed by atoms with Crippen molar-refractivity contribution in [1.29, 1.82) is 0 Å². The first-order valence-electron chi connectivity index (χ1n) is 6.29. The average Bonchev–Trinajstić information content (AvgIpc) is 3.16. The number of carboxylic acid groups (broad SMARTS) is 1. The minimum Gasteiger partial charge on any atom is -0.477 e. The summed E-state index contributed by atoms with van der Waals surface area (Å²) in [6.07, 6.45) is 4.42. The molecule has 0 fully saturated rings. The van der Waals surface area contributed by atoms with Crippen LogP contribution in [0, 0.1) is 0 Å². The lowest BCUT2D eigenvalue weighted by molar-refractivity contribution is 0.0682. The van der Waals surface area contributed by atoms with Gasteiger partial charge in [-0.25, -0.2) is 14.5 Å². The highest BCUT2D eigenvalue weighted by Gasteiger charge is 2.21. The van der Waals surface area contributed by atoms with Crippen molar-refractivity contribution in [2.45, 2.75) is 13.0 Å². The van der Waals surface area contributed by atoms with Crippen LogP contribution < -0.4 is 0 Å². The van der Waals surface area contributed by atoms with Gasteiger partial charge in [-0.3, -0.25) is 4.98 Å². The Hall–Kier alpha value is -2.96. The summed E-state index contributed by atoms with van der Waals surface area (Å²) in [6.45, 7) is 1.84. The maximum atomic E-state index is 11.4. The standard InChI is InChI=1S/C14H12N4O3/c1-9(10-4-2-3-5-16-10)18-12(14(19)20)6-11(17-18)13-7-15-8-21-13/h2-9H,1H3,(H,19,20). The molecule has 0 aromatic carbocycles. The summed E-state index contributed by atoms with van der Waals surface area (Å²) in [5.41, 5.74) is 1.22. The Kier molecular flexibility index (Phi) is 3.23. The zero-order valence-electron chi connectivity index (χ0n) is 11.2. The molecule has 7 nitrogen and oxygen atoms in total. The second kappa shape index (κ2) is 5.20. The molecule has 0 spiro atoms. The maximum Gasteiger partial charge on any atom is 0.354 e. The van der Waals surface area contributed by atoms with E-state index in [0.717, 1.165) is 5.69 Å². The van der Waals surface area contributed by atoms with E-state index < -0.39 is 5.97 Å². The lowest BCUT2D eigenvalue weighted by Crippen LogP contribution is -2.16. The Morgan fingerprint density at radius 1 is 1.43 bits per heavy atom. The van der Waals surface area contributed by atoms with E-state index in [-0.39, 0.29) is 11.7 Å². The van der Waals surface area contributed by atoms with Gasteiger partial charge in [0.25, 0.3) is 0 Å². The van der Waals surface area contributed by atoms with Gasteiger partial charge in [-0.2, -0.15) is 5.10 Å². The monoisotopic (exact) mass is 284 g/mol. The normalized spacial score (nSPS) is 12.2. The quantitative estimate of drug-likeness (QED) is 0.789. The first kappa shape index (κ1) is 13.0. The summed E-state index contributed by atoms with van der Waals surface area (Å²) in [6, 6.07) is 6.63. The lowest BCUT2D eigenvalue weighted by atomic mass is 10.2. The van der Waals surface area contributed by atoms with E-state index in [1.165, 1.54) is 23.3 Å². The molecule has 0 radical (unpaired) electrons. The van der Waals surface area contributed by atoms with Crippen molar-refractivity contribution >= 4 is 5.97 Å². The van der Waals surface area contributed by atoms with Gasteiger partial charge in [0, 0.05) is 12.3 Å². The number of pyridine rings is 1. The molecule has 1 atom stereocenters. The van der Waals surface area contributed by atoms with Gasteiger partial charge in [-0.05, 0) is 19.1 Å². The highest BCUT2D eigenvalue weighted by atomic mass is 16.4. The summed E-state index contributed by atoms with van der Waals surface area (Å²) in [5.74, 6) is -0.638. The Bertz CT molecular complexity index is 750. The van der Waals surface area contributed by atoms with Gasteiger partial charge in [0.05, 0.1) is 17.9 Å². The van der Waals surface area contributed by atoms with Crippen molar-refractivity contribution in [3.63, 3.8) is 0 Å². The van der Waals surface area contributed by atoms with Gasteiger partial charge in [-0.15, -0.1) is 0 Å². The molecule has 3 heterocycles. The predicted molar refractivity (Wildman–Crippen MR) is 72.7 cm³/mol. The molecule has 0 aliphatic carbocycles. The van der Waals surface area contributed by atoms with Gasteiger partial charge in [0.2, 0.25) is 0 Å². The van der Waals surface area contributed by atoms with Crippen LogP contribution in [0.4, 0.5) is 0 Å². The molecule has 0 aliphatic rings. The molecule has 1 N–H and O–H groups in total. The van der Waals surface area contributed by atoms with Gasteiger partial charge < -0.3 is 9.52 Å². The topological polar surface area (TPSA) is 94.0 Å². The van der Waals surface area contributed by atoms with E-state index in [2.05, 4.69) is 15.1 Å². The second-order valence-electron chi connectivity index (χ2n) is 4.46. The molecule has 1 unspecified atom stereocenters. The first-order valence-corrected chi connectivity index (χ1v) is 6.29. The molecule has 0 aliphatic heterocycles. The van der Waals surface area contributed by atoms with E-state index >= 15 is 0 Å². The van der Waals surface area contributed by atoms with E-state index in [4.69, 9.17) is 4.42 Å². The van der Waals surface area contributed by atoms with Gasteiger partial charge >= 0.3 is 5.97 Å². The third-order valence-electron chi connectivity index (χ3n) is 3.12. The minimum absolute atomic E-state index is 0.0690. The number of oxazole rings is 1. The Morgan fingerprint density at radius 2 is 2.29 bits per heavy atom. The number of carbonyl (C=O) groups is 1. The predicted octanol–water partition coefficient (Wildman–Crippen LogP) is 2.24. The van der Waals surface area contributed by atoms with E-state index in [1.807, 2.05) is 19.1 Å². The SMILES string of the molecule is CC(c1ccccn1)n1nc(-c2cnco2)cc1C(=O)O. The lowest BCUT2D eigenvalue weighted by Gasteiger charge is -2.13. The molecule has 3 rings (SSSR count). The fourth-order valence-corrected chi connectivity index (χ4v) is 2.06. The van der Waals surface area contributed by atoms with Crippen molar-refractivity contribution in [2.24, 2.45) is 0 Å². The maximum absolute atomic E-state index is 11.4. The van der Waals surface area contributed by atoms with Crippen LogP contribution in [0.15, 0.2) is 47.5 Å². The average molecular weight is 284 g/mol. The van der Waals surface area contributed by atoms with Gasteiger partial charge in [-0.1, -0.05) is 6.07 Å². The van der Waals surface area contributed by atoms with Crippen LogP contribution in [0.2, 0.25) is 0 Å².